The Morgan fingerprint density at radius 1 is 1.77 bits per heavy atom. The van der Waals surface area contributed by atoms with Crippen LogP contribution < -0.4 is 0 Å². The molecule has 0 N–H and O–H groups in total. The van der Waals surface area contributed by atoms with Gasteiger partial charge in [0.1, 0.15) is 12.7 Å². The molecule has 1 atom stereocenters. The zero-order valence-electron chi connectivity index (χ0n) is 8.21. The van der Waals surface area contributed by atoms with E-state index in [4.69, 9.17) is 9.47 Å². The van der Waals surface area contributed by atoms with Crippen molar-refractivity contribution in [1.29, 1.82) is 0 Å². The first-order valence-corrected chi connectivity index (χ1v) is 4.69. The molecule has 1 heterocycles. The lowest BCUT2D eigenvalue weighted by Crippen LogP contribution is -2.22. The van der Waals surface area contributed by atoms with Crippen LogP contribution in [0.4, 0.5) is 0 Å². The van der Waals surface area contributed by atoms with Crippen LogP contribution in [0.1, 0.15) is 33.1 Å². The van der Waals surface area contributed by atoms with Crippen molar-refractivity contribution in [3.05, 3.63) is 11.8 Å². The molecule has 0 saturated carbocycles. The number of allylic oxidation sites excluding steroid dienone is 1. The van der Waals surface area contributed by atoms with Crippen molar-refractivity contribution in [2.24, 2.45) is 0 Å². The summed E-state index contributed by atoms with van der Waals surface area (Å²) < 4.78 is 10.3. The second-order valence-electron chi connectivity index (χ2n) is 3.30. The van der Waals surface area contributed by atoms with E-state index in [2.05, 4.69) is 0 Å². The predicted molar refractivity (Wildman–Crippen MR) is 49.1 cm³/mol. The van der Waals surface area contributed by atoms with Crippen LogP contribution in [-0.2, 0) is 14.3 Å². The van der Waals surface area contributed by atoms with Gasteiger partial charge in [-0.05, 0) is 25.3 Å². The number of carbonyl (C=O) groups excluding carboxylic acids is 1. The maximum Gasteiger partial charge on any atom is 0.305 e. The lowest BCUT2D eigenvalue weighted by molar-refractivity contribution is -0.146. The molecule has 0 aliphatic carbocycles. The minimum Gasteiger partial charge on any atom is -0.495 e. The molecule has 1 aliphatic rings. The standard InChI is InChI=1S/C10H16O3/c1-3-10(11)13-7-9-5-4-8(2)6-12-9/h6,9H,3-5,7H2,1-2H3. The lowest BCUT2D eigenvalue weighted by atomic mass is 10.1. The molecule has 13 heavy (non-hydrogen) atoms. The Hall–Kier alpha value is -0.990. The molecule has 1 rings (SSSR count). The second kappa shape index (κ2) is 4.90. The van der Waals surface area contributed by atoms with Gasteiger partial charge in [0.25, 0.3) is 0 Å². The average Bonchev–Trinajstić information content (AvgIpc) is 2.16. The van der Waals surface area contributed by atoms with Crippen molar-refractivity contribution in [3.63, 3.8) is 0 Å². The van der Waals surface area contributed by atoms with E-state index in [1.165, 1.54) is 5.57 Å². The van der Waals surface area contributed by atoms with Gasteiger partial charge in [-0.15, -0.1) is 0 Å². The van der Waals surface area contributed by atoms with Crippen molar-refractivity contribution < 1.29 is 14.3 Å². The van der Waals surface area contributed by atoms with Gasteiger partial charge in [0.2, 0.25) is 0 Å². The smallest absolute Gasteiger partial charge is 0.305 e. The number of hydrogen-bond donors (Lipinski definition) is 0. The molecule has 1 unspecified atom stereocenters. The predicted octanol–water partition coefficient (Wildman–Crippen LogP) is 2.02. The normalized spacial score (nSPS) is 21.7. The number of carbonyl (C=O) groups is 1. The average molecular weight is 184 g/mol. The minimum absolute atomic E-state index is 0.0548. The molecule has 0 spiro atoms. The molecule has 1 aliphatic heterocycles. The van der Waals surface area contributed by atoms with Gasteiger partial charge >= 0.3 is 5.97 Å². The zero-order valence-corrected chi connectivity index (χ0v) is 8.21. The molecule has 74 valence electrons. The third-order valence-corrected chi connectivity index (χ3v) is 2.04. The Kier molecular flexibility index (Phi) is 3.80. The first-order valence-electron chi connectivity index (χ1n) is 4.69. The fourth-order valence-corrected chi connectivity index (χ4v) is 1.14. The van der Waals surface area contributed by atoms with Crippen LogP contribution in [0, 0.1) is 0 Å². The van der Waals surface area contributed by atoms with Gasteiger partial charge in [-0.3, -0.25) is 4.79 Å². The highest BCUT2D eigenvalue weighted by atomic mass is 16.6. The monoisotopic (exact) mass is 184 g/mol. The van der Waals surface area contributed by atoms with Crippen molar-refractivity contribution in [2.45, 2.75) is 39.2 Å². The van der Waals surface area contributed by atoms with E-state index >= 15 is 0 Å². The molecule has 0 fully saturated rings. The summed E-state index contributed by atoms with van der Waals surface area (Å²) in [5, 5.41) is 0. The third kappa shape index (κ3) is 3.49. The number of hydrogen-bond acceptors (Lipinski definition) is 3. The van der Waals surface area contributed by atoms with Crippen LogP contribution in [0.5, 0.6) is 0 Å². The first kappa shape index (κ1) is 10.1. The second-order valence-corrected chi connectivity index (χ2v) is 3.30. The van der Waals surface area contributed by atoms with Crippen LogP contribution in [0.2, 0.25) is 0 Å². The highest BCUT2D eigenvalue weighted by Crippen LogP contribution is 2.16. The maximum atomic E-state index is 10.8. The van der Waals surface area contributed by atoms with E-state index < -0.39 is 0 Å². The van der Waals surface area contributed by atoms with Crippen LogP contribution in [0.15, 0.2) is 11.8 Å². The van der Waals surface area contributed by atoms with Gasteiger partial charge in [-0.2, -0.15) is 0 Å². The van der Waals surface area contributed by atoms with Gasteiger partial charge in [0.05, 0.1) is 6.26 Å². The van der Waals surface area contributed by atoms with Crippen molar-refractivity contribution in [1.82, 2.24) is 0 Å². The first-order chi connectivity index (χ1) is 6.22. The van der Waals surface area contributed by atoms with Gasteiger partial charge in [0, 0.05) is 6.42 Å². The molecular formula is C10H16O3. The van der Waals surface area contributed by atoms with Crippen LogP contribution in [-0.4, -0.2) is 18.7 Å². The van der Waals surface area contributed by atoms with E-state index in [0.29, 0.717) is 13.0 Å². The molecule has 0 aromatic heterocycles. The topological polar surface area (TPSA) is 35.5 Å². The number of ether oxygens (including phenoxy) is 2. The molecule has 0 radical (unpaired) electrons. The number of rotatable bonds is 3. The summed E-state index contributed by atoms with van der Waals surface area (Å²) in [5.41, 5.74) is 1.25. The molecule has 3 nitrogen and oxygen atoms in total. The summed E-state index contributed by atoms with van der Waals surface area (Å²) in [4.78, 5) is 10.8. The molecule has 3 heteroatoms. The van der Waals surface area contributed by atoms with E-state index in [-0.39, 0.29) is 12.1 Å². The Bertz CT molecular complexity index is 208. The summed E-state index contributed by atoms with van der Waals surface area (Å²) in [6, 6.07) is 0. The maximum absolute atomic E-state index is 10.8. The highest BCUT2D eigenvalue weighted by Gasteiger charge is 2.15. The number of esters is 1. The molecule has 0 amide bonds. The fraction of sp³-hybridized carbons (Fsp3) is 0.700. The van der Waals surface area contributed by atoms with Gasteiger partial charge in [-0.25, -0.2) is 0 Å². The lowest BCUT2D eigenvalue weighted by Gasteiger charge is -2.21. The van der Waals surface area contributed by atoms with Crippen LogP contribution >= 0.6 is 0 Å². The van der Waals surface area contributed by atoms with E-state index in [1.54, 1.807) is 13.2 Å². The zero-order chi connectivity index (χ0) is 9.68. The van der Waals surface area contributed by atoms with Gasteiger partial charge in [0.15, 0.2) is 0 Å². The summed E-state index contributed by atoms with van der Waals surface area (Å²) in [7, 11) is 0. The van der Waals surface area contributed by atoms with Crippen LogP contribution in [0.25, 0.3) is 0 Å². The summed E-state index contributed by atoms with van der Waals surface area (Å²) >= 11 is 0. The van der Waals surface area contributed by atoms with Gasteiger partial charge in [-0.1, -0.05) is 6.92 Å². The SMILES string of the molecule is CCC(=O)OCC1CCC(C)=CO1. The largest absolute Gasteiger partial charge is 0.495 e. The highest BCUT2D eigenvalue weighted by molar-refractivity contribution is 5.68. The molecule has 0 bridgehead atoms. The Morgan fingerprint density at radius 2 is 2.54 bits per heavy atom. The minimum atomic E-state index is -0.158. The summed E-state index contributed by atoms with van der Waals surface area (Å²) in [5.74, 6) is -0.158. The summed E-state index contributed by atoms with van der Waals surface area (Å²) in [6.45, 7) is 4.21. The van der Waals surface area contributed by atoms with Crippen molar-refractivity contribution in [3.8, 4) is 0 Å². The molecule has 0 aromatic carbocycles. The van der Waals surface area contributed by atoms with Crippen molar-refractivity contribution in [2.75, 3.05) is 6.61 Å². The molecule has 0 aromatic rings. The summed E-state index contributed by atoms with van der Waals surface area (Å²) in [6.07, 6.45) is 4.22. The Balaban J connectivity index is 2.20. The van der Waals surface area contributed by atoms with Crippen molar-refractivity contribution >= 4 is 5.97 Å². The third-order valence-electron chi connectivity index (χ3n) is 2.04. The van der Waals surface area contributed by atoms with E-state index in [9.17, 15) is 4.79 Å². The van der Waals surface area contributed by atoms with E-state index in [0.717, 1.165) is 12.8 Å². The Morgan fingerprint density at radius 3 is 3.08 bits per heavy atom. The van der Waals surface area contributed by atoms with Crippen LogP contribution in [0.3, 0.4) is 0 Å². The molecule has 0 saturated heterocycles. The molecular weight excluding hydrogens is 168 g/mol. The fourth-order valence-electron chi connectivity index (χ4n) is 1.14. The van der Waals surface area contributed by atoms with Gasteiger partial charge < -0.3 is 9.47 Å². The van der Waals surface area contributed by atoms with E-state index in [1.807, 2.05) is 6.92 Å². The quantitative estimate of drug-likeness (QED) is 0.629. The Labute approximate surface area is 78.7 Å².